The Morgan fingerprint density at radius 3 is 2.64 bits per heavy atom. The number of halogens is 1. The van der Waals surface area contributed by atoms with E-state index in [0.29, 0.717) is 11.0 Å². The summed E-state index contributed by atoms with van der Waals surface area (Å²) in [6.07, 6.45) is 1.73. The second-order valence-electron chi connectivity index (χ2n) is 8.76. The number of aliphatic hydroxyl groups excluding tert-OH is 1. The quantitative estimate of drug-likeness (QED) is 0.104. The lowest BCUT2D eigenvalue weighted by Gasteiger charge is -2.23. The van der Waals surface area contributed by atoms with Gasteiger partial charge in [0.2, 0.25) is 11.9 Å². The number of rotatable bonds is 11. The maximum absolute atomic E-state index is 12.9. The summed E-state index contributed by atoms with van der Waals surface area (Å²) in [4.78, 5) is 40.9. The molecule has 2 aromatic carbocycles. The third kappa shape index (κ3) is 8.03. The number of H-pyrrole nitrogens is 1. The van der Waals surface area contributed by atoms with Crippen LogP contribution in [0.1, 0.15) is 16.7 Å². The minimum Gasteiger partial charge on any atom is -0.381 e. The van der Waals surface area contributed by atoms with E-state index in [9.17, 15) is 14.7 Å². The van der Waals surface area contributed by atoms with Gasteiger partial charge >= 0.3 is 0 Å². The van der Waals surface area contributed by atoms with Crippen LogP contribution in [0.3, 0.4) is 0 Å². The van der Waals surface area contributed by atoms with E-state index in [1.807, 2.05) is 62.4 Å². The molecule has 39 heavy (non-hydrogen) atoms. The number of anilines is 3. The molecule has 0 radical (unpaired) electrons. The maximum Gasteiger partial charge on any atom is 0.257 e. The number of hydrogen-bond acceptors (Lipinski definition) is 8. The van der Waals surface area contributed by atoms with Crippen LogP contribution in [0, 0.1) is 13.8 Å². The number of hydrogen-bond donors (Lipinski definition) is 5. The minimum atomic E-state index is -1.53. The number of nitrogens with zero attached hydrogens (tertiary/aromatic N) is 3. The molecule has 0 unspecified atom stereocenters. The first-order valence-corrected chi connectivity index (χ1v) is 13.5. The van der Waals surface area contributed by atoms with Crippen LogP contribution in [0.15, 0.2) is 72.1 Å². The number of benzene rings is 2. The van der Waals surface area contributed by atoms with Gasteiger partial charge in [0.15, 0.2) is 11.3 Å². The van der Waals surface area contributed by atoms with Crippen molar-refractivity contribution in [2.75, 3.05) is 16.4 Å². The van der Waals surface area contributed by atoms with Gasteiger partial charge < -0.3 is 20.7 Å². The van der Waals surface area contributed by atoms with Crippen molar-refractivity contribution in [3.05, 3.63) is 88.8 Å². The van der Waals surface area contributed by atoms with Crippen LogP contribution < -0.4 is 16.0 Å². The van der Waals surface area contributed by atoms with Crippen LogP contribution >= 0.6 is 23.4 Å². The molecule has 0 fully saturated rings. The zero-order valence-electron chi connectivity index (χ0n) is 21.3. The number of carbonyl (C=O) groups excluding carboxylic acids is 2. The number of aromatic nitrogens is 4. The first-order chi connectivity index (χ1) is 18.8. The summed E-state index contributed by atoms with van der Waals surface area (Å²) < 4.78 is 0. The monoisotopic (exact) mass is 565 g/mol. The van der Waals surface area contributed by atoms with E-state index in [1.165, 1.54) is 6.20 Å². The number of aromatic amines is 1. The Labute approximate surface area is 235 Å². The smallest absolute Gasteiger partial charge is 0.257 e. The highest BCUT2D eigenvalue weighted by molar-refractivity contribution is 7.99. The topological polar surface area (TPSA) is 145 Å². The number of aliphatic hydroxyl groups is 1. The van der Waals surface area contributed by atoms with E-state index >= 15 is 0 Å². The number of imidazole rings is 1. The highest BCUT2D eigenvalue weighted by Gasteiger charge is 2.28. The third-order valence-electron chi connectivity index (χ3n) is 5.91. The van der Waals surface area contributed by atoms with Crippen LogP contribution in [0.5, 0.6) is 0 Å². The van der Waals surface area contributed by atoms with Gasteiger partial charge in [-0.2, -0.15) is 0 Å². The second kappa shape index (κ2) is 13.2. The number of thioether (sulfide) groups is 1. The fourth-order valence-electron chi connectivity index (χ4n) is 3.75. The summed E-state index contributed by atoms with van der Waals surface area (Å²) in [7, 11) is 0. The van der Waals surface area contributed by atoms with Crippen molar-refractivity contribution < 1.29 is 14.7 Å². The van der Waals surface area contributed by atoms with Gasteiger partial charge in [-0.1, -0.05) is 65.8 Å². The molecular formula is C27H28ClN7O3S. The SMILES string of the molecule is Cc1cccc(Nc2cc(Cl)nc(SCC(=O)N[C@@H](Cc3ccccc3)[C@@H](O)C(=O)Nc3ncc[nH]3)n2)c1C. The van der Waals surface area contributed by atoms with E-state index in [4.69, 9.17) is 11.6 Å². The zero-order valence-corrected chi connectivity index (χ0v) is 22.9. The molecule has 0 bridgehead atoms. The molecule has 4 aromatic rings. The number of carbonyl (C=O) groups is 2. The van der Waals surface area contributed by atoms with Crippen LogP contribution in [-0.4, -0.2) is 54.8 Å². The number of aryl methyl sites for hydroxylation is 1. The lowest BCUT2D eigenvalue weighted by molar-refractivity contribution is -0.127. The predicted octanol–water partition coefficient (Wildman–Crippen LogP) is 4.03. The lowest BCUT2D eigenvalue weighted by Crippen LogP contribution is -2.50. The summed E-state index contributed by atoms with van der Waals surface area (Å²) >= 11 is 7.31. The molecule has 0 saturated carbocycles. The molecule has 202 valence electrons. The molecule has 2 heterocycles. The van der Waals surface area contributed by atoms with Crippen LogP contribution in [0.2, 0.25) is 5.15 Å². The molecule has 2 aromatic heterocycles. The van der Waals surface area contributed by atoms with E-state index < -0.39 is 24.0 Å². The van der Waals surface area contributed by atoms with Gasteiger partial charge in [0.05, 0.1) is 11.8 Å². The number of nitrogens with one attached hydrogen (secondary N) is 4. The van der Waals surface area contributed by atoms with Gasteiger partial charge in [0.25, 0.3) is 5.91 Å². The first kappa shape index (κ1) is 28.1. The molecular weight excluding hydrogens is 538 g/mol. The molecule has 0 aliphatic rings. The Bertz CT molecular complexity index is 1420. The molecule has 12 heteroatoms. The Kier molecular flexibility index (Phi) is 9.53. The molecule has 4 rings (SSSR count). The van der Waals surface area contributed by atoms with Crippen LogP contribution in [0.25, 0.3) is 0 Å². The zero-order chi connectivity index (χ0) is 27.8. The average molecular weight is 566 g/mol. The average Bonchev–Trinajstić information content (AvgIpc) is 3.43. The summed E-state index contributed by atoms with van der Waals surface area (Å²) in [6, 6.07) is 15.9. The normalized spacial score (nSPS) is 12.4. The van der Waals surface area contributed by atoms with Crippen LogP contribution in [0.4, 0.5) is 17.5 Å². The Hall–Kier alpha value is -3.93. The third-order valence-corrected chi connectivity index (χ3v) is 6.95. The van der Waals surface area contributed by atoms with E-state index in [0.717, 1.165) is 34.1 Å². The Morgan fingerprint density at radius 1 is 1.10 bits per heavy atom. The van der Waals surface area contributed by atoms with Gasteiger partial charge in [-0.15, -0.1) is 0 Å². The highest BCUT2D eigenvalue weighted by atomic mass is 35.5. The fourth-order valence-corrected chi connectivity index (χ4v) is 4.65. The molecule has 10 nitrogen and oxygen atoms in total. The van der Waals surface area contributed by atoms with E-state index in [2.05, 4.69) is 35.9 Å². The molecule has 0 spiro atoms. The summed E-state index contributed by atoms with van der Waals surface area (Å²) in [5.74, 6) is -0.458. The van der Waals surface area contributed by atoms with Crippen LogP contribution in [-0.2, 0) is 16.0 Å². The minimum absolute atomic E-state index is 0.0545. The summed E-state index contributed by atoms with van der Waals surface area (Å²) in [5, 5.41) is 19.9. The molecule has 0 saturated heterocycles. The van der Waals surface area contributed by atoms with Crippen molar-refractivity contribution in [1.29, 1.82) is 0 Å². The number of amides is 2. The summed E-state index contributed by atoms with van der Waals surface area (Å²) in [5.41, 5.74) is 3.96. The van der Waals surface area contributed by atoms with Gasteiger partial charge in [0, 0.05) is 24.1 Å². The second-order valence-corrected chi connectivity index (χ2v) is 10.1. The molecule has 0 aliphatic heterocycles. The predicted molar refractivity (Wildman–Crippen MR) is 152 cm³/mol. The first-order valence-electron chi connectivity index (χ1n) is 12.1. The van der Waals surface area contributed by atoms with Gasteiger partial charge in [-0.25, -0.2) is 15.0 Å². The maximum atomic E-state index is 12.9. The molecule has 2 atom stereocenters. The van der Waals surface area contributed by atoms with Crippen molar-refractivity contribution in [2.45, 2.75) is 37.6 Å². The van der Waals surface area contributed by atoms with Gasteiger partial charge in [0.1, 0.15) is 11.0 Å². The van der Waals surface area contributed by atoms with Crippen molar-refractivity contribution >= 4 is 52.6 Å². The standard InChI is InChI=1S/C27H28ClN7O3S/c1-16-7-6-10-19(17(16)2)31-22-14-21(28)33-27(34-22)39-15-23(36)32-20(13-18-8-4-3-5-9-18)24(37)25(38)35-26-29-11-12-30-26/h3-12,14,20,24,37H,13,15H2,1-2H3,(H,32,36)(H,31,33,34)(H2,29,30,35,38)/t20-,24+/m0/s1. The van der Waals surface area contributed by atoms with Gasteiger partial charge in [-0.3, -0.25) is 14.9 Å². The largest absolute Gasteiger partial charge is 0.381 e. The van der Waals surface area contributed by atoms with Crippen molar-refractivity contribution in [3.8, 4) is 0 Å². The Balaban J connectivity index is 1.42. The van der Waals surface area contributed by atoms with E-state index in [1.54, 1.807) is 12.3 Å². The molecule has 5 N–H and O–H groups in total. The summed E-state index contributed by atoms with van der Waals surface area (Å²) in [6.45, 7) is 4.03. The van der Waals surface area contributed by atoms with E-state index in [-0.39, 0.29) is 23.3 Å². The Morgan fingerprint density at radius 2 is 1.90 bits per heavy atom. The fraction of sp³-hybridized carbons (Fsp3) is 0.222. The molecule has 0 aliphatic carbocycles. The highest BCUT2D eigenvalue weighted by Crippen LogP contribution is 2.25. The van der Waals surface area contributed by atoms with Gasteiger partial charge in [-0.05, 0) is 43.0 Å². The molecule has 2 amide bonds. The lowest BCUT2D eigenvalue weighted by atomic mass is 10.0. The van der Waals surface area contributed by atoms with Crippen molar-refractivity contribution in [2.24, 2.45) is 0 Å². The van der Waals surface area contributed by atoms with Crippen molar-refractivity contribution in [3.63, 3.8) is 0 Å². The van der Waals surface area contributed by atoms with Crippen molar-refractivity contribution in [1.82, 2.24) is 25.3 Å².